The van der Waals surface area contributed by atoms with Gasteiger partial charge in [0.05, 0.1) is 0 Å². The molecule has 1 aliphatic heterocycles. The second kappa shape index (κ2) is 6.68. The van der Waals surface area contributed by atoms with Crippen molar-refractivity contribution >= 4 is 11.8 Å². The van der Waals surface area contributed by atoms with Gasteiger partial charge in [0.15, 0.2) is 11.6 Å². The molecule has 0 unspecified atom stereocenters. The summed E-state index contributed by atoms with van der Waals surface area (Å²) in [6.07, 6.45) is -0.617. The Bertz CT molecular complexity index is 655. The van der Waals surface area contributed by atoms with Crippen LogP contribution in [0.1, 0.15) is 61.3 Å². The number of halogens is 3. The van der Waals surface area contributed by atoms with Gasteiger partial charge in [-0.15, -0.1) is 0 Å². The Labute approximate surface area is 142 Å². The molecule has 2 atom stereocenters. The monoisotopic (exact) mass is 359 g/mol. The molecule has 1 saturated heterocycles. The van der Waals surface area contributed by atoms with E-state index in [9.17, 15) is 22.8 Å². The highest BCUT2D eigenvalue weighted by Gasteiger charge is 2.48. The van der Waals surface area contributed by atoms with E-state index in [-0.39, 0.29) is 36.9 Å². The van der Waals surface area contributed by atoms with Crippen molar-refractivity contribution < 1.29 is 27.2 Å². The molecule has 1 N–H and O–H groups in total. The topological polar surface area (TPSA) is 75.4 Å². The van der Waals surface area contributed by atoms with Crippen LogP contribution in [-0.2, 0) is 4.79 Å². The number of aromatic nitrogens is 1. The number of hydrogen-bond acceptors (Lipinski definition) is 4. The predicted octanol–water partition coefficient (Wildman–Crippen LogP) is 2.61. The maximum absolute atomic E-state index is 13.3. The Morgan fingerprint density at radius 3 is 2.56 bits per heavy atom. The molecule has 2 aliphatic rings. The zero-order valence-corrected chi connectivity index (χ0v) is 13.8. The molecule has 0 spiro atoms. The summed E-state index contributed by atoms with van der Waals surface area (Å²) < 4.78 is 45.3. The smallest absolute Gasteiger partial charge is 0.408 e. The maximum atomic E-state index is 13.3. The average Bonchev–Trinajstić information content (AvgIpc) is 2.92. The van der Waals surface area contributed by atoms with Crippen molar-refractivity contribution in [3.63, 3.8) is 0 Å². The fourth-order valence-corrected chi connectivity index (χ4v) is 3.32. The Balaban J connectivity index is 1.79. The second-order valence-corrected chi connectivity index (χ2v) is 6.69. The fourth-order valence-electron chi connectivity index (χ4n) is 3.32. The molecule has 0 radical (unpaired) electrons. The normalized spacial score (nSPS) is 24.7. The summed E-state index contributed by atoms with van der Waals surface area (Å²) in [6.45, 7) is 1.10. The number of amides is 2. The van der Waals surface area contributed by atoms with Crippen molar-refractivity contribution in [2.75, 3.05) is 6.54 Å². The predicted molar refractivity (Wildman–Crippen MR) is 80.8 cm³/mol. The minimum absolute atomic E-state index is 0.111. The molecule has 9 heteroatoms. The van der Waals surface area contributed by atoms with Crippen molar-refractivity contribution in [1.82, 2.24) is 15.2 Å². The summed E-state index contributed by atoms with van der Waals surface area (Å²) in [5.74, 6) is -0.592. The fraction of sp³-hybridized carbons (Fsp3) is 0.688. The van der Waals surface area contributed by atoms with E-state index in [4.69, 9.17) is 4.42 Å². The molecule has 25 heavy (non-hydrogen) atoms. The van der Waals surface area contributed by atoms with E-state index < -0.39 is 24.2 Å². The van der Waals surface area contributed by atoms with Crippen molar-refractivity contribution in [1.29, 1.82) is 0 Å². The van der Waals surface area contributed by atoms with E-state index in [1.807, 2.05) is 0 Å². The van der Waals surface area contributed by atoms with Gasteiger partial charge in [0.2, 0.25) is 5.91 Å². The number of carbonyl (C=O) groups excluding carboxylic acids is 2. The summed E-state index contributed by atoms with van der Waals surface area (Å²) >= 11 is 0. The SMILES string of the molecule is CC(=O)N[C@H]1CC[C@H](C(F)(F)F)N(C(=O)c2coc(C3CCC3)n2)C1. The first-order valence-electron chi connectivity index (χ1n) is 8.36. The molecule has 0 aromatic carbocycles. The van der Waals surface area contributed by atoms with Crippen molar-refractivity contribution in [2.45, 2.75) is 63.2 Å². The van der Waals surface area contributed by atoms with Crippen LogP contribution in [0.5, 0.6) is 0 Å². The average molecular weight is 359 g/mol. The lowest BCUT2D eigenvalue weighted by Crippen LogP contribution is -2.58. The molecule has 1 aromatic heterocycles. The largest absolute Gasteiger partial charge is 0.448 e. The standard InChI is InChI=1S/C16H20F3N3O3/c1-9(23)20-11-5-6-13(16(17,18)19)22(7-11)15(24)12-8-25-14(21-12)10-3-2-4-10/h8,10-11,13H,2-7H2,1H3,(H,20,23)/t11-,13+/m0/s1. The molecule has 3 rings (SSSR count). The minimum Gasteiger partial charge on any atom is -0.448 e. The highest BCUT2D eigenvalue weighted by Crippen LogP contribution is 2.36. The molecule has 1 aromatic rings. The Morgan fingerprint density at radius 2 is 2.00 bits per heavy atom. The van der Waals surface area contributed by atoms with Crippen LogP contribution in [0, 0.1) is 0 Å². The van der Waals surface area contributed by atoms with Gasteiger partial charge in [-0.05, 0) is 25.7 Å². The number of piperidine rings is 1. The number of rotatable bonds is 3. The number of alkyl halides is 3. The van der Waals surface area contributed by atoms with Crippen molar-refractivity contribution in [2.24, 2.45) is 0 Å². The van der Waals surface area contributed by atoms with E-state index in [0.29, 0.717) is 5.89 Å². The first-order chi connectivity index (χ1) is 11.8. The first-order valence-corrected chi connectivity index (χ1v) is 8.36. The van der Waals surface area contributed by atoms with E-state index in [0.717, 1.165) is 30.4 Å². The highest BCUT2D eigenvalue weighted by atomic mass is 19.4. The van der Waals surface area contributed by atoms with Crippen LogP contribution < -0.4 is 5.32 Å². The first kappa shape index (κ1) is 17.8. The van der Waals surface area contributed by atoms with Gasteiger partial charge < -0.3 is 14.6 Å². The molecule has 2 amide bonds. The summed E-state index contributed by atoms with van der Waals surface area (Å²) in [4.78, 5) is 28.7. The number of oxazole rings is 1. The van der Waals surface area contributed by atoms with Crippen LogP contribution in [0.2, 0.25) is 0 Å². The van der Waals surface area contributed by atoms with Gasteiger partial charge in [0, 0.05) is 25.4 Å². The van der Waals surface area contributed by atoms with Crippen LogP contribution in [0.15, 0.2) is 10.7 Å². The lowest BCUT2D eigenvalue weighted by atomic mass is 9.85. The van der Waals surface area contributed by atoms with Gasteiger partial charge in [-0.1, -0.05) is 6.42 Å². The molecule has 1 aliphatic carbocycles. The van der Waals surface area contributed by atoms with Crippen molar-refractivity contribution in [3.05, 3.63) is 17.8 Å². The van der Waals surface area contributed by atoms with Gasteiger partial charge in [-0.25, -0.2) is 4.98 Å². The zero-order valence-electron chi connectivity index (χ0n) is 13.8. The number of nitrogens with zero attached hydrogens (tertiary/aromatic N) is 2. The Hall–Kier alpha value is -2.06. The van der Waals surface area contributed by atoms with Gasteiger partial charge in [-0.2, -0.15) is 13.2 Å². The number of likely N-dealkylation sites (tertiary alicyclic amines) is 1. The number of nitrogens with one attached hydrogen (secondary N) is 1. The van der Waals surface area contributed by atoms with Gasteiger partial charge >= 0.3 is 6.18 Å². The van der Waals surface area contributed by atoms with Crippen LogP contribution in [0.4, 0.5) is 13.2 Å². The number of carbonyl (C=O) groups is 2. The second-order valence-electron chi connectivity index (χ2n) is 6.69. The molecule has 138 valence electrons. The zero-order chi connectivity index (χ0) is 18.2. The van der Waals surface area contributed by atoms with E-state index in [1.165, 1.54) is 6.92 Å². The number of hydrogen-bond donors (Lipinski definition) is 1. The third-order valence-corrected chi connectivity index (χ3v) is 4.82. The Morgan fingerprint density at radius 1 is 1.28 bits per heavy atom. The minimum atomic E-state index is -4.53. The lowest BCUT2D eigenvalue weighted by Gasteiger charge is -2.40. The van der Waals surface area contributed by atoms with E-state index >= 15 is 0 Å². The molecular weight excluding hydrogens is 339 g/mol. The molecular formula is C16H20F3N3O3. The van der Waals surface area contributed by atoms with E-state index in [1.54, 1.807) is 0 Å². The summed E-state index contributed by atoms with van der Waals surface area (Å²) in [5, 5.41) is 2.59. The van der Waals surface area contributed by atoms with Crippen molar-refractivity contribution in [3.8, 4) is 0 Å². The Kier molecular flexibility index (Phi) is 4.75. The highest BCUT2D eigenvalue weighted by molar-refractivity contribution is 5.92. The quantitative estimate of drug-likeness (QED) is 0.900. The van der Waals surface area contributed by atoms with Crippen LogP contribution in [0.25, 0.3) is 0 Å². The molecule has 6 nitrogen and oxygen atoms in total. The van der Waals surface area contributed by atoms with Crippen LogP contribution in [0.3, 0.4) is 0 Å². The third kappa shape index (κ3) is 3.80. The molecule has 2 heterocycles. The summed E-state index contributed by atoms with van der Waals surface area (Å²) in [5.41, 5.74) is -0.111. The maximum Gasteiger partial charge on any atom is 0.408 e. The molecule has 1 saturated carbocycles. The van der Waals surface area contributed by atoms with Crippen LogP contribution in [-0.4, -0.2) is 46.5 Å². The van der Waals surface area contributed by atoms with Gasteiger partial charge in [0.25, 0.3) is 5.91 Å². The third-order valence-electron chi connectivity index (χ3n) is 4.82. The lowest BCUT2D eigenvalue weighted by molar-refractivity contribution is -0.184. The molecule has 0 bridgehead atoms. The van der Waals surface area contributed by atoms with Gasteiger partial charge in [0.1, 0.15) is 12.3 Å². The molecule has 2 fully saturated rings. The summed E-state index contributed by atoms with van der Waals surface area (Å²) in [7, 11) is 0. The van der Waals surface area contributed by atoms with E-state index in [2.05, 4.69) is 10.3 Å². The van der Waals surface area contributed by atoms with Gasteiger partial charge in [-0.3, -0.25) is 9.59 Å². The van der Waals surface area contributed by atoms with Crippen LogP contribution >= 0.6 is 0 Å². The summed E-state index contributed by atoms with van der Waals surface area (Å²) in [6, 6.07) is -2.38.